The second kappa shape index (κ2) is 9.97. The van der Waals surface area contributed by atoms with Gasteiger partial charge in [0.1, 0.15) is 5.00 Å². The molecule has 0 atom stereocenters. The molecule has 8 heteroatoms. The summed E-state index contributed by atoms with van der Waals surface area (Å²) in [6.45, 7) is 1.98. The average Bonchev–Trinajstić information content (AvgIpc) is 3.09. The normalized spacial score (nSPS) is 13.0. The summed E-state index contributed by atoms with van der Waals surface area (Å²) >= 11 is 1.34. The molecule has 7 nitrogen and oxygen atoms in total. The molecule has 29 heavy (non-hydrogen) atoms. The fraction of sp³-hybridized carbons (Fsp3) is 0.333. The lowest BCUT2D eigenvalue weighted by Crippen LogP contribution is -2.32. The van der Waals surface area contributed by atoms with Gasteiger partial charge in [-0.15, -0.1) is 11.3 Å². The van der Waals surface area contributed by atoms with Gasteiger partial charge in [0.2, 0.25) is 0 Å². The van der Waals surface area contributed by atoms with E-state index < -0.39 is 17.8 Å². The topological polar surface area (TPSA) is 96.9 Å². The fourth-order valence-electron chi connectivity index (χ4n) is 3.15. The monoisotopic (exact) mass is 413 g/mol. The summed E-state index contributed by atoms with van der Waals surface area (Å²) in [6.07, 6.45) is 5.71. The Hall–Kier alpha value is -3.00. The van der Waals surface area contributed by atoms with E-state index >= 15 is 0 Å². The van der Waals surface area contributed by atoms with E-state index in [4.69, 9.17) is 4.74 Å². The van der Waals surface area contributed by atoms with Crippen molar-refractivity contribution in [3.63, 3.8) is 0 Å². The van der Waals surface area contributed by atoms with Crippen LogP contribution in [0.4, 0.5) is 5.00 Å². The summed E-state index contributed by atoms with van der Waals surface area (Å²) in [5.74, 6) is -2.23. The number of aryl methyl sites for hydroxylation is 1. The zero-order valence-electron chi connectivity index (χ0n) is 16.2. The van der Waals surface area contributed by atoms with E-state index in [2.05, 4.69) is 15.8 Å². The number of nitrogens with one attached hydrogen (secondary N) is 2. The number of carbonyl (C=O) groups excluding carboxylic acids is 3. The molecular weight excluding hydrogens is 390 g/mol. The third kappa shape index (κ3) is 5.29. The van der Waals surface area contributed by atoms with Crippen molar-refractivity contribution in [2.75, 3.05) is 11.9 Å². The van der Waals surface area contributed by atoms with Gasteiger partial charge >= 0.3 is 17.8 Å². The Balaban J connectivity index is 1.64. The number of thiophene rings is 1. The molecule has 0 fully saturated rings. The van der Waals surface area contributed by atoms with E-state index in [1.54, 1.807) is 6.92 Å². The van der Waals surface area contributed by atoms with Crippen molar-refractivity contribution in [3.8, 4) is 0 Å². The summed E-state index contributed by atoms with van der Waals surface area (Å²) in [7, 11) is 0. The molecule has 152 valence electrons. The number of hydrogen-bond donors (Lipinski definition) is 2. The van der Waals surface area contributed by atoms with Gasteiger partial charge in [0.15, 0.2) is 0 Å². The molecule has 2 N–H and O–H groups in total. The van der Waals surface area contributed by atoms with Crippen molar-refractivity contribution in [1.29, 1.82) is 0 Å². The molecule has 2 amide bonds. The maximum atomic E-state index is 12.4. The Morgan fingerprint density at radius 1 is 1.14 bits per heavy atom. The van der Waals surface area contributed by atoms with Gasteiger partial charge in [0.25, 0.3) is 0 Å². The van der Waals surface area contributed by atoms with Crippen molar-refractivity contribution < 1.29 is 19.1 Å². The van der Waals surface area contributed by atoms with Crippen LogP contribution in [0.1, 0.15) is 46.1 Å². The highest BCUT2D eigenvalue weighted by molar-refractivity contribution is 7.17. The van der Waals surface area contributed by atoms with E-state index in [9.17, 15) is 14.4 Å². The number of fused-ring (bicyclic) bond motifs is 1. The van der Waals surface area contributed by atoms with Crippen molar-refractivity contribution in [3.05, 3.63) is 51.9 Å². The minimum Gasteiger partial charge on any atom is -0.462 e. The highest BCUT2D eigenvalue weighted by Gasteiger charge is 2.28. The van der Waals surface area contributed by atoms with Crippen molar-refractivity contribution in [1.82, 2.24) is 5.43 Å². The fourth-order valence-corrected chi connectivity index (χ4v) is 4.43. The number of hydrazone groups is 1. The Kier molecular flexibility index (Phi) is 7.13. The van der Waals surface area contributed by atoms with Crippen LogP contribution in [0.5, 0.6) is 0 Å². The molecule has 0 saturated heterocycles. The molecule has 1 aliphatic carbocycles. The number of anilines is 1. The molecule has 1 aliphatic rings. The lowest BCUT2D eigenvalue weighted by Gasteiger charge is -2.12. The minimum atomic E-state index is -0.893. The molecule has 0 spiro atoms. The minimum absolute atomic E-state index is 0.244. The number of amides is 2. The van der Waals surface area contributed by atoms with Gasteiger partial charge in [-0.2, -0.15) is 5.10 Å². The molecule has 1 aromatic heterocycles. The molecule has 0 unspecified atom stereocenters. The molecular formula is C21H23N3O4S. The largest absolute Gasteiger partial charge is 0.462 e. The van der Waals surface area contributed by atoms with E-state index in [1.165, 1.54) is 17.6 Å². The molecule has 2 aromatic rings. The Morgan fingerprint density at radius 2 is 1.90 bits per heavy atom. The molecule has 0 bridgehead atoms. The Bertz CT molecular complexity index is 922. The summed E-state index contributed by atoms with van der Waals surface area (Å²) in [4.78, 5) is 37.8. The first-order valence-corrected chi connectivity index (χ1v) is 10.4. The van der Waals surface area contributed by atoms with Crippen LogP contribution in [-0.2, 0) is 33.6 Å². The van der Waals surface area contributed by atoms with Crippen molar-refractivity contribution in [2.45, 2.75) is 39.0 Å². The van der Waals surface area contributed by atoms with Gasteiger partial charge in [0.05, 0.1) is 12.2 Å². The van der Waals surface area contributed by atoms with Crippen LogP contribution >= 0.6 is 11.3 Å². The molecule has 1 aromatic carbocycles. The predicted octanol–water partition coefficient (Wildman–Crippen LogP) is 3.09. The number of rotatable bonds is 6. The maximum absolute atomic E-state index is 12.4. The van der Waals surface area contributed by atoms with Crippen LogP contribution in [0, 0.1) is 0 Å². The predicted molar refractivity (Wildman–Crippen MR) is 112 cm³/mol. The number of hydrogen-bond acceptors (Lipinski definition) is 6. The van der Waals surface area contributed by atoms with Crippen LogP contribution in [-0.4, -0.2) is 30.6 Å². The summed E-state index contributed by atoms with van der Waals surface area (Å²) in [5.41, 5.74) is 4.56. The number of carbonyl (C=O) groups is 3. The second-order valence-corrected chi connectivity index (χ2v) is 7.64. The third-order valence-electron chi connectivity index (χ3n) is 4.51. The van der Waals surface area contributed by atoms with Gasteiger partial charge in [0, 0.05) is 17.5 Å². The Morgan fingerprint density at radius 3 is 2.66 bits per heavy atom. The first kappa shape index (κ1) is 20.7. The van der Waals surface area contributed by atoms with Gasteiger partial charge < -0.3 is 10.1 Å². The lowest BCUT2D eigenvalue weighted by molar-refractivity contribution is -0.136. The summed E-state index contributed by atoms with van der Waals surface area (Å²) < 4.78 is 5.15. The molecule has 3 rings (SSSR count). The van der Waals surface area contributed by atoms with Crippen LogP contribution < -0.4 is 10.7 Å². The highest BCUT2D eigenvalue weighted by atomic mass is 32.1. The van der Waals surface area contributed by atoms with Crippen LogP contribution in [0.15, 0.2) is 35.4 Å². The van der Waals surface area contributed by atoms with Gasteiger partial charge in [-0.25, -0.2) is 10.2 Å². The van der Waals surface area contributed by atoms with Gasteiger partial charge in [-0.05, 0) is 43.7 Å². The first-order valence-electron chi connectivity index (χ1n) is 9.58. The molecule has 0 radical (unpaired) electrons. The smallest absolute Gasteiger partial charge is 0.341 e. The van der Waals surface area contributed by atoms with Crippen molar-refractivity contribution >= 4 is 40.3 Å². The van der Waals surface area contributed by atoms with Crippen LogP contribution in [0.3, 0.4) is 0 Å². The zero-order valence-corrected chi connectivity index (χ0v) is 17.0. The second-order valence-electron chi connectivity index (χ2n) is 6.53. The maximum Gasteiger partial charge on any atom is 0.341 e. The van der Waals surface area contributed by atoms with Crippen LogP contribution in [0.2, 0.25) is 0 Å². The third-order valence-corrected chi connectivity index (χ3v) is 5.72. The quantitative estimate of drug-likeness (QED) is 0.329. The molecule has 1 heterocycles. The highest BCUT2D eigenvalue weighted by Crippen LogP contribution is 2.38. The van der Waals surface area contributed by atoms with Gasteiger partial charge in [-0.1, -0.05) is 30.3 Å². The number of benzene rings is 1. The van der Waals surface area contributed by atoms with E-state index in [-0.39, 0.29) is 6.61 Å². The standard InChI is InChI=1S/C21H23N3O4S/c1-2-28-21(27)17-15-10-6-7-11-16(15)29-20(17)23-18(25)19(26)24-22-13-12-14-8-4-3-5-9-14/h3-5,8-9,13H,2,6-7,10-12H2,1H3,(H,23,25)(H,24,26)/b22-13+. The number of esters is 1. The Labute approximate surface area is 173 Å². The van der Waals surface area contributed by atoms with E-state index in [0.717, 1.165) is 41.7 Å². The number of ether oxygens (including phenoxy) is 1. The summed E-state index contributed by atoms with van der Waals surface area (Å²) in [6, 6.07) is 9.62. The van der Waals surface area contributed by atoms with E-state index in [1.807, 2.05) is 30.3 Å². The zero-order chi connectivity index (χ0) is 20.6. The van der Waals surface area contributed by atoms with Gasteiger partial charge in [-0.3, -0.25) is 9.59 Å². The van der Waals surface area contributed by atoms with Crippen LogP contribution in [0.25, 0.3) is 0 Å². The van der Waals surface area contributed by atoms with E-state index in [0.29, 0.717) is 17.0 Å². The first-order chi connectivity index (χ1) is 14.1. The number of nitrogens with zero attached hydrogens (tertiary/aromatic N) is 1. The summed E-state index contributed by atoms with van der Waals surface area (Å²) in [5, 5.41) is 6.73. The average molecular weight is 413 g/mol. The van der Waals surface area contributed by atoms with Crippen molar-refractivity contribution in [2.24, 2.45) is 5.10 Å². The molecule has 0 aliphatic heterocycles. The molecule has 0 saturated carbocycles. The SMILES string of the molecule is CCOC(=O)c1c(NC(=O)C(=O)N/N=C/Cc2ccccc2)sc2c1CCCC2. The lowest BCUT2D eigenvalue weighted by atomic mass is 9.95.